The van der Waals surface area contributed by atoms with Crippen molar-refractivity contribution in [3.05, 3.63) is 29.0 Å². The van der Waals surface area contributed by atoms with Gasteiger partial charge < -0.3 is 15.1 Å². The highest BCUT2D eigenvalue weighted by atomic mass is 79.9. The molecule has 1 aliphatic rings. The molecule has 2 rings (SSSR count). The van der Waals surface area contributed by atoms with E-state index in [2.05, 4.69) is 47.6 Å². The molecule has 0 unspecified atom stereocenters. The van der Waals surface area contributed by atoms with Gasteiger partial charge in [0.1, 0.15) is 0 Å². The van der Waals surface area contributed by atoms with E-state index in [4.69, 9.17) is 12.2 Å². The highest BCUT2D eigenvalue weighted by Crippen LogP contribution is 2.13. The Labute approximate surface area is 133 Å². The largest absolute Gasteiger partial charge is 0.359 e. The van der Waals surface area contributed by atoms with E-state index in [9.17, 15) is 0 Å². The van der Waals surface area contributed by atoms with Crippen molar-refractivity contribution in [3.8, 4) is 0 Å². The molecule has 1 saturated heterocycles. The molecular formula is C13H18BrN5S. The van der Waals surface area contributed by atoms with Crippen molar-refractivity contribution < 1.29 is 0 Å². The first-order valence-electron chi connectivity index (χ1n) is 6.46. The quantitative estimate of drug-likeness (QED) is 0.658. The minimum atomic E-state index is 0.731. The summed E-state index contributed by atoms with van der Waals surface area (Å²) in [5.41, 5.74) is 1.08. The molecule has 0 aromatic carbocycles. The standard InChI is InChI=1S/C13H18BrN5S/c1-10(2)7-17-13(20)19-5-3-18(4-6-19)12-15-8-11(14)9-16-12/h8-9H,1,3-7H2,2H3,(H,17,20). The lowest BCUT2D eigenvalue weighted by atomic mass is 10.3. The fourth-order valence-electron chi connectivity index (χ4n) is 1.92. The molecule has 0 spiro atoms. The van der Waals surface area contributed by atoms with Gasteiger partial charge >= 0.3 is 0 Å². The molecule has 1 N–H and O–H groups in total. The number of thiocarbonyl (C=S) groups is 1. The van der Waals surface area contributed by atoms with E-state index >= 15 is 0 Å². The first kappa shape index (κ1) is 15.2. The summed E-state index contributed by atoms with van der Waals surface area (Å²) in [4.78, 5) is 13.0. The molecule has 5 nitrogen and oxygen atoms in total. The molecule has 2 heterocycles. The predicted octanol–water partition coefficient (Wildman–Crippen LogP) is 1.81. The average Bonchev–Trinajstić information content (AvgIpc) is 2.46. The number of piperazine rings is 1. The van der Waals surface area contributed by atoms with Crippen LogP contribution in [0.1, 0.15) is 6.92 Å². The van der Waals surface area contributed by atoms with Crippen molar-refractivity contribution in [2.24, 2.45) is 0 Å². The van der Waals surface area contributed by atoms with Gasteiger partial charge in [0, 0.05) is 45.1 Å². The number of rotatable bonds is 3. The van der Waals surface area contributed by atoms with E-state index in [0.717, 1.165) is 53.8 Å². The number of nitrogens with zero attached hydrogens (tertiary/aromatic N) is 4. The topological polar surface area (TPSA) is 44.3 Å². The highest BCUT2D eigenvalue weighted by molar-refractivity contribution is 9.10. The van der Waals surface area contributed by atoms with E-state index in [1.54, 1.807) is 12.4 Å². The second-order valence-corrected chi connectivity index (χ2v) is 6.09. The molecule has 1 aromatic rings. The van der Waals surface area contributed by atoms with E-state index in [0.29, 0.717) is 0 Å². The third kappa shape index (κ3) is 4.14. The second-order valence-electron chi connectivity index (χ2n) is 4.79. The Kier molecular flexibility index (Phi) is 5.31. The highest BCUT2D eigenvalue weighted by Gasteiger charge is 2.20. The number of nitrogens with one attached hydrogen (secondary N) is 1. The van der Waals surface area contributed by atoms with E-state index in [1.807, 2.05) is 6.92 Å². The summed E-state index contributed by atoms with van der Waals surface area (Å²) in [5.74, 6) is 0.772. The Bertz CT molecular complexity index is 482. The Morgan fingerprint density at radius 1 is 1.35 bits per heavy atom. The zero-order chi connectivity index (χ0) is 14.5. The number of halogens is 1. The summed E-state index contributed by atoms with van der Waals surface area (Å²) in [7, 11) is 0. The normalized spacial score (nSPS) is 15.1. The van der Waals surface area contributed by atoms with Crippen LogP contribution in [0.4, 0.5) is 5.95 Å². The van der Waals surface area contributed by atoms with Gasteiger partial charge in [0.05, 0.1) is 4.47 Å². The second kappa shape index (κ2) is 6.99. The third-order valence-corrected chi connectivity index (χ3v) is 3.81. The van der Waals surface area contributed by atoms with Crippen LogP contribution in [0.3, 0.4) is 0 Å². The van der Waals surface area contributed by atoms with Crippen molar-refractivity contribution in [2.45, 2.75) is 6.92 Å². The molecule has 1 aliphatic heterocycles. The van der Waals surface area contributed by atoms with Gasteiger partial charge in [-0.15, -0.1) is 0 Å². The Hall–Kier alpha value is -1.21. The van der Waals surface area contributed by atoms with Gasteiger partial charge in [-0.05, 0) is 35.1 Å². The van der Waals surface area contributed by atoms with Crippen molar-refractivity contribution in [1.29, 1.82) is 0 Å². The molecule has 1 fully saturated rings. The molecule has 0 amide bonds. The van der Waals surface area contributed by atoms with Crippen LogP contribution in [0.25, 0.3) is 0 Å². The van der Waals surface area contributed by atoms with Crippen LogP contribution >= 0.6 is 28.1 Å². The SMILES string of the molecule is C=C(C)CNC(=S)N1CCN(c2ncc(Br)cn2)CC1. The van der Waals surface area contributed by atoms with Crippen molar-refractivity contribution in [3.63, 3.8) is 0 Å². The fourth-order valence-corrected chi connectivity index (χ4v) is 2.38. The van der Waals surface area contributed by atoms with Crippen LogP contribution in [0.15, 0.2) is 29.0 Å². The maximum absolute atomic E-state index is 5.38. The minimum absolute atomic E-state index is 0.731. The molecular weight excluding hydrogens is 338 g/mol. The van der Waals surface area contributed by atoms with Crippen molar-refractivity contribution >= 4 is 39.2 Å². The van der Waals surface area contributed by atoms with E-state index in [-0.39, 0.29) is 0 Å². The smallest absolute Gasteiger partial charge is 0.225 e. The molecule has 0 atom stereocenters. The monoisotopic (exact) mass is 355 g/mol. The Morgan fingerprint density at radius 2 is 1.95 bits per heavy atom. The Balaban J connectivity index is 1.84. The van der Waals surface area contributed by atoms with Crippen LogP contribution < -0.4 is 10.2 Å². The molecule has 0 radical (unpaired) electrons. The number of anilines is 1. The average molecular weight is 356 g/mol. The zero-order valence-electron chi connectivity index (χ0n) is 11.5. The summed E-state index contributed by atoms with van der Waals surface area (Å²) >= 11 is 8.73. The lowest BCUT2D eigenvalue weighted by molar-refractivity contribution is 0.379. The predicted molar refractivity (Wildman–Crippen MR) is 88.9 cm³/mol. The summed E-state index contributed by atoms with van der Waals surface area (Å²) in [5, 5.41) is 4.01. The van der Waals surface area contributed by atoms with Crippen LogP contribution in [-0.2, 0) is 0 Å². The van der Waals surface area contributed by atoms with Gasteiger partial charge in [-0.1, -0.05) is 12.2 Å². The lowest BCUT2D eigenvalue weighted by Crippen LogP contribution is -2.52. The first-order chi connectivity index (χ1) is 9.56. The third-order valence-electron chi connectivity index (χ3n) is 3.00. The summed E-state index contributed by atoms with van der Waals surface area (Å²) in [6.07, 6.45) is 3.54. The molecule has 108 valence electrons. The van der Waals surface area contributed by atoms with Crippen LogP contribution in [0, 0.1) is 0 Å². The van der Waals surface area contributed by atoms with Crippen LogP contribution in [0.5, 0.6) is 0 Å². The molecule has 20 heavy (non-hydrogen) atoms. The minimum Gasteiger partial charge on any atom is -0.359 e. The molecule has 7 heteroatoms. The van der Waals surface area contributed by atoms with Crippen molar-refractivity contribution in [2.75, 3.05) is 37.6 Å². The van der Waals surface area contributed by atoms with Gasteiger partial charge in [-0.25, -0.2) is 9.97 Å². The maximum atomic E-state index is 5.38. The van der Waals surface area contributed by atoms with Crippen LogP contribution in [-0.4, -0.2) is 52.7 Å². The van der Waals surface area contributed by atoms with E-state index < -0.39 is 0 Å². The zero-order valence-corrected chi connectivity index (χ0v) is 13.9. The lowest BCUT2D eigenvalue weighted by Gasteiger charge is -2.36. The molecule has 1 aromatic heterocycles. The molecule has 0 aliphatic carbocycles. The first-order valence-corrected chi connectivity index (χ1v) is 7.66. The summed E-state index contributed by atoms with van der Waals surface area (Å²) < 4.78 is 0.894. The number of aromatic nitrogens is 2. The van der Waals surface area contributed by atoms with E-state index in [1.165, 1.54) is 0 Å². The molecule has 0 saturated carbocycles. The Morgan fingerprint density at radius 3 is 2.50 bits per heavy atom. The summed E-state index contributed by atoms with van der Waals surface area (Å²) in [6.45, 7) is 10.1. The number of hydrogen-bond acceptors (Lipinski definition) is 4. The summed E-state index contributed by atoms with van der Waals surface area (Å²) in [6, 6.07) is 0. The van der Waals surface area contributed by atoms with Gasteiger partial charge in [0.25, 0.3) is 0 Å². The maximum Gasteiger partial charge on any atom is 0.225 e. The van der Waals surface area contributed by atoms with Gasteiger partial charge in [0.2, 0.25) is 5.95 Å². The van der Waals surface area contributed by atoms with Crippen LogP contribution in [0.2, 0.25) is 0 Å². The van der Waals surface area contributed by atoms with Gasteiger partial charge in [-0.3, -0.25) is 0 Å². The van der Waals surface area contributed by atoms with Gasteiger partial charge in [-0.2, -0.15) is 0 Å². The fraction of sp³-hybridized carbons (Fsp3) is 0.462. The molecule has 0 bridgehead atoms. The number of hydrogen-bond donors (Lipinski definition) is 1. The van der Waals surface area contributed by atoms with Gasteiger partial charge in [0.15, 0.2) is 5.11 Å². The van der Waals surface area contributed by atoms with Crippen molar-refractivity contribution in [1.82, 2.24) is 20.2 Å².